The zero-order chi connectivity index (χ0) is 19.9. The molecule has 1 aromatic carbocycles. The van der Waals surface area contributed by atoms with E-state index in [1.54, 1.807) is 10.6 Å². The van der Waals surface area contributed by atoms with Gasteiger partial charge in [-0.05, 0) is 23.9 Å². The van der Waals surface area contributed by atoms with Crippen LogP contribution in [0.5, 0.6) is 0 Å². The summed E-state index contributed by atoms with van der Waals surface area (Å²) in [6.07, 6.45) is 2.67. The van der Waals surface area contributed by atoms with Crippen molar-refractivity contribution in [3.8, 4) is 0 Å². The number of anilines is 1. The van der Waals surface area contributed by atoms with Crippen LogP contribution in [0.3, 0.4) is 0 Å². The molecule has 0 saturated carbocycles. The van der Waals surface area contributed by atoms with Crippen LogP contribution in [0.15, 0.2) is 45.9 Å². The normalized spacial score (nSPS) is 12.5. The second-order valence-electron chi connectivity index (χ2n) is 5.58. The molecule has 0 aliphatic rings. The highest BCUT2D eigenvalue weighted by Crippen LogP contribution is 2.39. The minimum Gasteiger partial charge on any atom is -0.382 e. The zero-order valence-electron chi connectivity index (χ0n) is 13.9. The fraction of sp³-hybridized carbons (Fsp3) is 0.0667. The smallest absolute Gasteiger partial charge is 0.348 e. The van der Waals surface area contributed by atoms with Gasteiger partial charge in [-0.1, -0.05) is 23.7 Å². The van der Waals surface area contributed by atoms with Crippen molar-refractivity contribution in [1.29, 1.82) is 0 Å². The summed E-state index contributed by atoms with van der Waals surface area (Å²) >= 11 is 8.94. The quantitative estimate of drug-likeness (QED) is 0.386. The van der Waals surface area contributed by atoms with Crippen molar-refractivity contribution >= 4 is 69.5 Å². The first-order valence-corrected chi connectivity index (χ1v) is 11.4. The molecule has 0 atom stereocenters. The average Bonchev–Trinajstić information content (AvgIpc) is 3.18. The predicted octanol–water partition coefficient (Wildman–Crippen LogP) is 3.51. The van der Waals surface area contributed by atoms with Gasteiger partial charge in [-0.3, -0.25) is 9.13 Å². The van der Waals surface area contributed by atoms with Crippen LogP contribution >= 0.6 is 42.3 Å². The molecule has 28 heavy (non-hydrogen) atoms. The number of rotatable bonds is 5. The van der Waals surface area contributed by atoms with Gasteiger partial charge in [0.1, 0.15) is 6.33 Å². The summed E-state index contributed by atoms with van der Waals surface area (Å²) in [5.41, 5.74) is 7.56. The number of nitrogen functional groups attached to an aromatic ring is 1. The molecule has 4 N–H and O–H groups in total. The Morgan fingerprint density at radius 1 is 1.32 bits per heavy atom. The Labute approximate surface area is 171 Å². The molecule has 0 fully saturated rings. The van der Waals surface area contributed by atoms with Crippen LogP contribution in [0, 0.1) is 0 Å². The molecular weight excluding hydrogens is 443 g/mol. The molecule has 0 amide bonds. The molecule has 0 spiro atoms. The number of imidazole rings is 1. The summed E-state index contributed by atoms with van der Waals surface area (Å²) in [6.45, 7) is 0.145. The van der Waals surface area contributed by atoms with Crippen molar-refractivity contribution < 1.29 is 14.4 Å². The summed E-state index contributed by atoms with van der Waals surface area (Å²) in [4.78, 5) is 35.3. The molecular formula is C15H12ClN6O3PS2. The minimum atomic E-state index is -4.26. The molecule has 0 aliphatic carbocycles. The maximum Gasteiger partial charge on any atom is 0.348 e. The SMILES string of the molecule is Nc1ncnc2c1nc(Sc1nc3cccc(Cl)c3s1)n2CC=CP(=O)(O)O. The Hall–Kier alpha value is -2.01. The number of hydrogen-bond acceptors (Lipinski definition) is 8. The lowest BCUT2D eigenvalue weighted by molar-refractivity contribution is 0.386. The lowest BCUT2D eigenvalue weighted by Crippen LogP contribution is -2.00. The highest BCUT2D eigenvalue weighted by Gasteiger charge is 2.18. The maximum absolute atomic E-state index is 11.1. The number of aromatic nitrogens is 5. The Bertz CT molecular complexity index is 1270. The van der Waals surface area contributed by atoms with Crippen LogP contribution in [-0.2, 0) is 11.1 Å². The van der Waals surface area contributed by atoms with E-state index in [1.807, 2.05) is 12.1 Å². The summed E-state index contributed by atoms with van der Waals surface area (Å²) in [5.74, 6) is 1.06. The maximum atomic E-state index is 11.1. The lowest BCUT2D eigenvalue weighted by Gasteiger charge is -2.04. The van der Waals surface area contributed by atoms with E-state index in [0.717, 1.165) is 16.0 Å². The van der Waals surface area contributed by atoms with Crippen molar-refractivity contribution in [1.82, 2.24) is 24.5 Å². The number of benzene rings is 1. The van der Waals surface area contributed by atoms with Crippen LogP contribution in [0.25, 0.3) is 21.4 Å². The van der Waals surface area contributed by atoms with Crippen molar-refractivity contribution in [3.05, 3.63) is 41.4 Å². The Morgan fingerprint density at radius 2 is 2.14 bits per heavy atom. The van der Waals surface area contributed by atoms with Crippen molar-refractivity contribution in [3.63, 3.8) is 0 Å². The molecule has 144 valence electrons. The average molecular weight is 455 g/mol. The van der Waals surface area contributed by atoms with Gasteiger partial charge in [-0.15, -0.1) is 11.3 Å². The number of nitrogens with zero attached hydrogens (tertiary/aromatic N) is 5. The summed E-state index contributed by atoms with van der Waals surface area (Å²) in [6, 6.07) is 5.50. The number of halogens is 1. The summed E-state index contributed by atoms with van der Waals surface area (Å²) < 4.78 is 14.4. The summed E-state index contributed by atoms with van der Waals surface area (Å²) in [7, 11) is -4.26. The van der Waals surface area contributed by atoms with Gasteiger partial charge in [-0.2, -0.15) is 0 Å². The third kappa shape index (κ3) is 3.90. The molecule has 0 radical (unpaired) electrons. The van der Waals surface area contributed by atoms with Gasteiger partial charge in [0, 0.05) is 12.4 Å². The van der Waals surface area contributed by atoms with E-state index in [9.17, 15) is 4.57 Å². The first-order valence-electron chi connectivity index (χ1n) is 7.74. The molecule has 3 aromatic heterocycles. The molecule has 9 nitrogen and oxygen atoms in total. The number of thiazole rings is 1. The van der Waals surface area contributed by atoms with Crippen LogP contribution in [0.2, 0.25) is 5.02 Å². The van der Waals surface area contributed by atoms with Gasteiger partial charge >= 0.3 is 7.60 Å². The van der Waals surface area contributed by atoms with Gasteiger partial charge in [0.2, 0.25) is 0 Å². The van der Waals surface area contributed by atoms with Crippen LogP contribution in [-0.4, -0.2) is 34.3 Å². The van der Waals surface area contributed by atoms with Gasteiger partial charge < -0.3 is 15.5 Å². The fourth-order valence-electron chi connectivity index (χ4n) is 2.48. The number of nitrogens with two attached hydrogens (primary N) is 1. The van der Waals surface area contributed by atoms with E-state index in [0.29, 0.717) is 25.7 Å². The van der Waals surface area contributed by atoms with Crippen LogP contribution < -0.4 is 5.73 Å². The topological polar surface area (TPSA) is 140 Å². The fourth-order valence-corrected chi connectivity index (χ4v) is 5.19. The highest BCUT2D eigenvalue weighted by atomic mass is 35.5. The second kappa shape index (κ2) is 7.43. The molecule has 4 rings (SSSR count). The van der Waals surface area contributed by atoms with Crippen molar-refractivity contribution in [2.24, 2.45) is 0 Å². The van der Waals surface area contributed by atoms with Gasteiger partial charge in [0.05, 0.1) is 15.2 Å². The first-order chi connectivity index (χ1) is 13.3. The van der Waals surface area contributed by atoms with Crippen molar-refractivity contribution in [2.45, 2.75) is 16.0 Å². The highest BCUT2D eigenvalue weighted by molar-refractivity contribution is 8.01. The minimum absolute atomic E-state index is 0.145. The number of allylic oxidation sites excluding steroid dienone is 1. The molecule has 4 aromatic rings. The molecule has 13 heteroatoms. The molecule has 0 aliphatic heterocycles. The van der Waals surface area contributed by atoms with Crippen LogP contribution in [0.4, 0.5) is 5.82 Å². The van der Waals surface area contributed by atoms with Gasteiger partial charge in [0.25, 0.3) is 0 Å². The van der Waals surface area contributed by atoms with E-state index in [1.165, 1.54) is 35.5 Å². The Morgan fingerprint density at radius 3 is 2.89 bits per heavy atom. The number of hydrogen-bond donors (Lipinski definition) is 3. The van der Waals surface area contributed by atoms with Gasteiger partial charge in [-0.25, -0.2) is 19.9 Å². The van der Waals surface area contributed by atoms with Gasteiger partial charge in [0.15, 0.2) is 26.5 Å². The third-order valence-corrected chi connectivity index (χ3v) is 6.82. The first kappa shape index (κ1) is 19.3. The molecule has 0 saturated heterocycles. The lowest BCUT2D eigenvalue weighted by atomic mass is 10.3. The Balaban J connectivity index is 1.77. The third-order valence-electron chi connectivity index (χ3n) is 3.64. The van der Waals surface area contributed by atoms with Crippen LogP contribution in [0.1, 0.15) is 0 Å². The van der Waals surface area contributed by atoms with E-state index in [2.05, 4.69) is 19.9 Å². The van der Waals surface area contributed by atoms with E-state index < -0.39 is 7.60 Å². The monoisotopic (exact) mass is 454 g/mol. The zero-order valence-corrected chi connectivity index (χ0v) is 17.2. The molecule has 0 bridgehead atoms. The largest absolute Gasteiger partial charge is 0.382 e. The second-order valence-corrected chi connectivity index (χ2v) is 9.68. The predicted molar refractivity (Wildman–Crippen MR) is 110 cm³/mol. The Kier molecular flexibility index (Phi) is 5.13. The number of fused-ring (bicyclic) bond motifs is 2. The summed E-state index contributed by atoms with van der Waals surface area (Å²) in [5, 5.41) is 1.14. The van der Waals surface area contributed by atoms with E-state index in [4.69, 9.17) is 27.1 Å². The van der Waals surface area contributed by atoms with Crippen molar-refractivity contribution in [2.75, 3.05) is 5.73 Å². The van der Waals surface area contributed by atoms with E-state index in [-0.39, 0.29) is 12.4 Å². The molecule has 0 unspecified atom stereocenters. The standard InChI is InChI=1S/C15H12ClN6O3PS2/c16-8-3-1-4-9-11(8)27-15(20-9)28-14-21-10-12(17)18-7-19-13(10)22(14)5-2-6-26(23,24)25/h1-4,6-7H,5H2,(H2,17,18,19)(H2,23,24,25). The van der Waals surface area contributed by atoms with E-state index >= 15 is 0 Å². The molecule has 3 heterocycles.